The van der Waals surface area contributed by atoms with Gasteiger partial charge in [-0.15, -0.1) is 0 Å². The quantitative estimate of drug-likeness (QED) is 0.539. The van der Waals surface area contributed by atoms with Gasteiger partial charge in [0.05, 0.1) is 32.0 Å². The third kappa shape index (κ3) is 3.67. The van der Waals surface area contributed by atoms with Crippen molar-refractivity contribution in [2.24, 2.45) is 5.73 Å². The van der Waals surface area contributed by atoms with E-state index in [4.69, 9.17) is 15.2 Å². The molecule has 2 aromatic carbocycles. The minimum atomic E-state index is -0.114. The first-order valence-electron chi connectivity index (χ1n) is 9.48. The average molecular weight is 388 g/mol. The summed E-state index contributed by atoms with van der Waals surface area (Å²) in [5, 5.41) is 5.72. The topological polar surface area (TPSA) is 75.2 Å². The molecule has 0 saturated carbocycles. The Kier molecular flexibility index (Phi) is 5.18. The Balaban J connectivity index is 1.72. The molecule has 148 valence electrons. The first-order valence-corrected chi connectivity index (χ1v) is 9.48. The highest BCUT2D eigenvalue weighted by Crippen LogP contribution is 2.30. The van der Waals surface area contributed by atoms with Crippen molar-refractivity contribution in [2.75, 3.05) is 14.2 Å². The zero-order chi connectivity index (χ0) is 20.4. The van der Waals surface area contributed by atoms with Gasteiger partial charge in [-0.25, -0.2) is 4.98 Å². The lowest BCUT2D eigenvalue weighted by atomic mass is 10.0. The number of aromatic nitrogens is 3. The summed E-state index contributed by atoms with van der Waals surface area (Å²) in [5.74, 6) is 1.42. The third-order valence-corrected chi connectivity index (χ3v) is 5.09. The molecule has 0 radical (unpaired) electrons. The number of ether oxygens (including phenoxy) is 2. The first-order chi connectivity index (χ1) is 14.1. The van der Waals surface area contributed by atoms with Crippen molar-refractivity contribution in [3.63, 3.8) is 0 Å². The number of fused-ring (bicyclic) bond motifs is 1. The van der Waals surface area contributed by atoms with Crippen LogP contribution in [0.3, 0.4) is 0 Å². The lowest BCUT2D eigenvalue weighted by molar-refractivity contribution is 0.398. The van der Waals surface area contributed by atoms with E-state index in [1.54, 1.807) is 14.2 Å². The molecule has 6 heteroatoms. The van der Waals surface area contributed by atoms with E-state index in [-0.39, 0.29) is 12.1 Å². The van der Waals surface area contributed by atoms with Gasteiger partial charge in [0.25, 0.3) is 0 Å². The molecule has 0 aliphatic carbocycles. The second-order valence-electron chi connectivity index (χ2n) is 7.03. The molecule has 0 spiro atoms. The van der Waals surface area contributed by atoms with Crippen molar-refractivity contribution < 1.29 is 9.47 Å². The molecule has 0 amide bonds. The van der Waals surface area contributed by atoms with Gasteiger partial charge in [-0.05, 0) is 48.4 Å². The molecule has 29 heavy (non-hydrogen) atoms. The van der Waals surface area contributed by atoms with Crippen LogP contribution in [0.4, 0.5) is 0 Å². The minimum Gasteiger partial charge on any atom is -0.497 e. The molecule has 2 atom stereocenters. The fourth-order valence-corrected chi connectivity index (χ4v) is 3.59. The predicted octanol–water partition coefficient (Wildman–Crippen LogP) is 4.05. The molecule has 2 heterocycles. The van der Waals surface area contributed by atoms with Crippen LogP contribution in [0.5, 0.6) is 11.6 Å². The van der Waals surface area contributed by atoms with Crippen LogP contribution in [0.1, 0.15) is 18.5 Å². The molecule has 2 unspecified atom stereocenters. The van der Waals surface area contributed by atoms with Crippen molar-refractivity contribution in [1.82, 2.24) is 14.8 Å². The number of nitrogens with two attached hydrogens (primary N) is 1. The zero-order valence-corrected chi connectivity index (χ0v) is 16.7. The highest BCUT2D eigenvalue weighted by atomic mass is 16.5. The molecular weight excluding hydrogens is 364 g/mol. The SMILES string of the molecule is COc1ccc(C(C(C)N)n2ncc3cc(-c4ccc(OC)nc4)ccc32)cc1. The molecule has 4 aromatic rings. The van der Waals surface area contributed by atoms with E-state index < -0.39 is 0 Å². The van der Waals surface area contributed by atoms with Gasteiger partial charge in [0.1, 0.15) is 5.75 Å². The second-order valence-corrected chi connectivity index (χ2v) is 7.03. The molecule has 2 aromatic heterocycles. The maximum absolute atomic E-state index is 6.36. The minimum absolute atomic E-state index is 0.0769. The van der Waals surface area contributed by atoms with Crippen LogP contribution in [-0.2, 0) is 0 Å². The van der Waals surface area contributed by atoms with E-state index in [1.165, 1.54) is 0 Å². The van der Waals surface area contributed by atoms with Crippen LogP contribution >= 0.6 is 0 Å². The molecule has 0 bridgehead atoms. The van der Waals surface area contributed by atoms with Gasteiger partial charge in [-0.1, -0.05) is 18.2 Å². The molecule has 4 rings (SSSR count). The van der Waals surface area contributed by atoms with Gasteiger partial charge >= 0.3 is 0 Å². The van der Waals surface area contributed by atoms with E-state index in [1.807, 2.05) is 60.4 Å². The van der Waals surface area contributed by atoms with Crippen molar-refractivity contribution in [2.45, 2.75) is 19.0 Å². The monoisotopic (exact) mass is 388 g/mol. The van der Waals surface area contributed by atoms with Gasteiger partial charge in [0.2, 0.25) is 5.88 Å². The third-order valence-electron chi connectivity index (χ3n) is 5.09. The molecule has 0 aliphatic heterocycles. The summed E-state index contributed by atoms with van der Waals surface area (Å²) in [7, 11) is 3.27. The summed E-state index contributed by atoms with van der Waals surface area (Å²) in [5.41, 5.74) is 10.6. The normalized spacial score (nSPS) is 13.2. The molecule has 0 saturated heterocycles. The lowest BCUT2D eigenvalue weighted by Gasteiger charge is -2.23. The average Bonchev–Trinajstić information content (AvgIpc) is 3.17. The van der Waals surface area contributed by atoms with Crippen LogP contribution in [-0.4, -0.2) is 35.0 Å². The summed E-state index contributed by atoms with van der Waals surface area (Å²) in [4.78, 5) is 4.29. The van der Waals surface area contributed by atoms with E-state index >= 15 is 0 Å². The van der Waals surface area contributed by atoms with Gasteiger partial charge < -0.3 is 15.2 Å². The Morgan fingerprint density at radius 3 is 2.28 bits per heavy atom. The fraction of sp³-hybridized carbons (Fsp3) is 0.217. The van der Waals surface area contributed by atoms with Gasteiger partial charge in [-0.3, -0.25) is 4.68 Å². The van der Waals surface area contributed by atoms with E-state index in [9.17, 15) is 0 Å². The molecule has 2 N–H and O–H groups in total. The Labute approximate surface area is 169 Å². The van der Waals surface area contributed by atoms with E-state index in [0.717, 1.165) is 33.3 Å². The molecule has 6 nitrogen and oxygen atoms in total. The van der Waals surface area contributed by atoms with Gasteiger partial charge in [0, 0.05) is 29.3 Å². The van der Waals surface area contributed by atoms with Gasteiger partial charge in [0.15, 0.2) is 0 Å². The smallest absolute Gasteiger partial charge is 0.212 e. The van der Waals surface area contributed by atoms with Crippen LogP contribution in [0.15, 0.2) is 67.0 Å². The van der Waals surface area contributed by atoms with Gasteiger partial charge in [-0.2, -0.15) is 5.10 Å². The Bertz CT molecular complexity index is 1100. The number of nitrogens with zero attached hydrogens (tertiary/aromatic N) is 3. The summed E-state index contributed by atoms with van der Waals surface area (Å²) in [6.45, 7) is 2.00. The summed E-state index contributed by atoms with van der Waals surface area (Å²) < 4.78 is 12.4. The summed E-state index contributed by atoms with van der Waals surface area (Å²) in [6.07, 6.45) is 3.70. The van der Waals surface area contributed by atoms with Crippen molar-refractivity contribution in [3.8, 4) is 22.8 Å². The maximum atomic E-state index is 6.36. The second kappa shape index (κ2) is 7.93. The molecular formula is C23H24N4O2. The fourth-order valence-electron chi connectivity index (χ4n) is 3.59. The zero-order valence-electron chi connectivity index (χ0n) is 16.7. The molecule has 0 fully saturated rings. The number of hydrogen-bond donors (Lipinski definition) is 1. The predicted molar refractivity (Wildman–Crippen MR) is 114 cm³/mol. The number of methoxy groups -OCH3 is 2. The van der Waals surface area contributed by atoms with Crippen molar-refractivity contribution in [3.05, 3.63) is 72.6 Å². The Morgan fingerprint density at radius 2 is 1.66 bits per heavy atom. The standard InChI is InChI=1S/C23H24N4O2/c1-15(24)23(16-4-8-20(28-2)9-5-16)27-21-10-6-17(12-19(21)14-26-27)18-7-11-22(29-3)25-13-18/h4-15,23H,24H2,1-3H3. The number of rotatable bonds is 6. The summed E-state index contributed by atoms with van der Waals surface area (Å²) in [6, 6.07) is 17.9. The van der Waals surface area contributed by atoms with E-state index in [0.29, 0.717) is 5.88 Å². The van der Waals surface area contributed by atoms with Crippen LogP contribution in [0.2, 0.25) is 0 Å². The highest BCUT2D eigenvalue weighted by molar-refractivity contribution is 5.84. The van der Waals surface area contributed by atoms with Crippen LogP contribution in [0, 0.1) is 0 Å². The maximum Gasteiger partial charge on any atom is 0.212 e. The van der Waals surface area contributed by atoms with Crippen molar-refractivity contribution in [1.29, 1.82) is 0 Å². The first kappa shape index (κ1) is 19.0. The molecule has 0 aliphatic rings. The van der Waals surface area contributed by atoms with Crippen molar-refractivity contribution >= 4 is 10.9 Å². The number of hydrogen-bond acceptors (Lipinski definition) is 5. The number of benzene rings is 2. The van der Waals surface area contributed by atoms with Crippen LogP contribution in [0.25, 0.3) is 22.0 Å². The Hall–Kier alpha value is -3.38. The highest BCUT2D eigenvalue weighted by Gasteiger charge is 2.21. The Morgan fingerprint density at radius 1 is 0.897 bits per heavy atom. The van der Waals surface area contributed by atoms with Crippen LogP contribution < -0.4 is 15.2 Å². The summed E-state index contributed by atoms with van der Waals surface area (Å²) >= 11 is 0. The van der Waals surface area contributed by atoms with E-state index in [2.05, 4.69) is 28.3 Å². The lowest BCUT2D eigenvalue weighted by Crippen LogP contribution is -2.30. The number of pyridine rings is 1. The largest absolute Gasteiger partial charge is 0.497 e.